The molecule has 3 N–H and O–H groups in total. The first kappa shape index (κ1) is 22.9. The molecule has 37 heavy (non-hydrogen) atoms. The zero-order valence-corrected chi connectivity index (χ0v) is 20.5. The Bertz CT molecular complexity index is 1540. The minimum Gasteiger partial charge on any atom is -0.382 e. The predicted octanol–water partition coefficient (Wildman–Crippen LogP) is 4.17. The largest absolute Gasteiger partial charge is 0.382 e. The van der Waals surface area contributed by atoms with E-state index in [9.17, 15) is 9.59 Å². The molecule has 2 aliphatic rings. The van der Waals surface area contributed by atoms with E-state index in [1.807, 2.05) is 46.7 Å². The molecule has 0 spiro atoms. The van der Waals surface area contributed by atoms with Crippen molar-refractivity contribution in [3.8, 4) is 11.3 Å². The van der Waals surface area contributed by atoms with Crippen LogP contribution in [-0.2, 0) is 4.79 Å². The summed E-state index contributed by atoms with van der Waals surface area (Å²) < 4.78 is 1.95. The van der Waals surface area contributed by atoms with Crippen molar-refractivity contribution in [2.75, 3.05) is 11.1 Å². The van der Waals surface area contributed by atoms with Crippen LogP contribution in [0.4, 0.5) is 11.6 Å². The Morgan fingerprint density at radius 2 is 1.95 bits per heavy atom. The number of carbonyl (C=O) groups is 2. The number of nitrogens with zero attached hydrogens (tertiary/aromatic N) is 5. The molecule has 186 valence electrons. The van der Waals surface area contributed by atoms with Crippen LogP contribution in [-0.4, -0.2) is 42.1 Å². The van der Waals surface area contributed by atoms with Crippen LogP contribution in [0.1, 0.15) is 47.1 Å². The van der Waals surface area contributed by atoms with Gasteiger partial charge in [-0.1, -0.05) is 18.7 Å². The van der Waals surface area contributed by atoms with Crippen molar-refractivity contribution in [1.82, 2.24) is 24.3 Å². The van der Waals surface area contributed by atoms with E-state index in [2.05, 4.69) is 21.9 Å². The fourth-order valence-corrected chi connectivity index (χ4v) is 5.81. The minimum absolute atomic E-state index is 0.0732. The van der Waals surface area contributed by atoms with Crippen LogP contribution in [0.5, 0.6) is 0 Å². The lowest BCUT2D eigenvalue weighted by atomic mass is 9.97. The minimum atomic E-state index is -0.248. The van der Waals surface area contributed by atoms with Crippen molar-refractivity contribution in [2.24, 2.45) is 5.92 Å². The number of rotatable bonds is 5. The Balaban J connectivity index is 1.37. The number of carbonyl (C=O) groups excluding carboxylic acids is 2. The van der Waals surface area contributed by atoms with Gasteiger partial charge in [0.15, 0.2) is 0 Å². The van der Waals surface area contributed by atoms with E-state index in [0.29, 0.717) is 34.3 Å². The number of anilines is 2. The summed E-state index contributed by atoms with van der Waals surface area (Å²) in [5.74, 6) is 1.64. The molecule has 2 unspecified atom stereocenters. The van der Waals surface area contributed by atoms with E-state index in [1.54, 1.807) is 24.5 Å². The topological polar surface area (TPSA) is 119 Å². The Kier molecular flexibility index (Phi) is 5.48. The van der Waals surface area contributed by atoms with Gasteiger partial charge < -0.3 is 16.0 Å². The second kappa shape index (κ2) is 8.85. The molecule has 2 bridgehead atoms. The van der Waals surface area contributed by atoms with Gasteiger partial charge in [0.1, 0.15) is 28.7 Å². The zero-order valence-electron chi connectivity index (χ0n) is 20.5. The molecule has 2 fully saturated rings. The molecule has 1 aliphatic carbocycles. The van der Waals surface area contributed by atoms with Crippen LogP contribution in [0.3, 0.4) is 0 Å². The first-order valence-corrected chi connectivity index (χ1v) is 12.4. The molecule has 1 saturated carbocycles. The van der Waals surface area contributed by atoms with Crippen LogP contribution in [0.2, 0.25) is 0 Å². The number of benzene rings is 1. The van der Waals surface area contributed by atoms with Crippen LogP contribution in [0, 0.1) is 12.8 Å². The average molecular weight is 494 g/mol. The summed E-state index contributed by atoms with van der Waals surface area (Å²) in [5, 5.41) is 2.83. The fraction of sp³-hybridized carbons (Fsp3) is 0.250. The Morgan fingerprint density at radius 3 is 2.70 bits per heavy atom. The standard InChI is InChI=1S/C28H27N7O2/c1-3-22(36)35-20-9-8-19(15-20)24(35)27-33-23(25-26(29)31-12-13-34(25)27)17-4-6-18(7-5-17)28(37)32-21-14-16(2)10-11-30-21/h3-7,10-14,19-20,24H,1,8-9,15H2,2H3,(H2,29,31)(H,30,32,37)/t19-,20?,24?/m0/s1. The molecule has 4 heterocycles. The average Bonchev–Trinajstić information content (AvgIpc) is 3.62. The second-order valence-corrected chi connectivity index (χ2v) is 9.72. The summed E-state index contributed by atoms with van der Waals surface area (Å²) in [4.78, 5) is 41.1. The lowest BCUT2D eigenvalue weighted by Gasteiger charge is -2.33. The predicted molar refractivity (Wildman–Crippen MR) is 141 cm³/mol. The number of fused-ring (bicyclic) bond motifs is 3. The molecule has 9 heteroatoms. The molecule has 6 rings (SSSR count). The van der Waals surface area contributed by atoms with E-state index in [4.69, 9.17) is 10.7 Å². The van der Waals surface area contributed by atoms with E-state index < -0.39 is 0 Å². The SMILES string of the molecule is C=CC(=O)N1C2CC[C@@H](C2)C1c1nc(-c2ccc(C(=O)Nc3cc(C)ccn3)cc2)c2c(N)nccn12. The molecule has 3 aromatic heterocycles. The van der Waals surface area contributed by atoms with Gasteiger partial charge in [0, 0.05) is 35.8 Å². The van der Waals surface area contributed by atoms with Crippen molar-refractivity contribution < 1.29 is 9.59 Å². The van der Waals surface area contributed by atoms with Crippen molar-refractivity contribution in [2.45, 2.75) is 38.3 Å². The van der Waals surface area contributed by atoms with Crippen molar-refractivity contribution >= 4 is 29.0 Å². The Hall–Kier alpha value is -4.53. The summed E-state index contributed by atoms with van der Waals surface area (Å²) in [6, 6.07) is 10.9. The number of pyridine rings is 1. The Labute approximate surface area is 214 Å². The van der Waals surface area contributed by atoms with Gasteiger partial charge in [0.25, 0.3) is 5.91 Å². The molecule has 1 aromatic carbocycles. The molecular formula is C28H27N7O2. The van der Waals surface area contributed by atoms with Gasteiger partial charge in [-0.25, -0.2) is 15.0 Å². The number of hydrogen-bond donors (Lipinski definition) is 2. The van der Waals surface area contributed by atoms with Gasteiger partial charge in [-0.3, -0.25) is 14.0 Å². The summed E-state index contributed by atoms with van der Waals surface area (Å²) in [6.45, 7) is 5.66. The smallest absolute Gasteiger partial charge is 0.256 e. The third-order valence-electron chi connectivity index (χ3n) is 7.47. The second-order valence-electron chi connectivity index (χ2n) is 9.72. The van der Waals surface area contributed by atoms with E-state index in [1.165, 1.54) is 6.08 Å². The Morgan fingerprint density at radius 1 is 1.14 bits per heavy atom. The van der Waals surface area contributed by atoms with Gasteiger partial charge >= 0.3 is 0 Å². The van der Waals surface area contributed by atoms with Crippen molar-refractivity contribution in [1.29, 1.82) is 0 Å². The summed E-state index contributed by atoms with van der Waals surface area (Å²) in [7, 11) is 0. The molecule has 2 amide bonds. The quantitative estimate of drug-likeness (QED) is 0.403. The van der Waals surface area contributed by atoms with E-state index in [0.717, 1.165) is 36.2 Å². The maximum absolute atomic E-state index is 12.8. The third kappa shape index (κ3) is 3.83. The normalized spacial score (nSPS) is 20.4. The number of nitrogen functional groups attached to an aromatic ring is 1. The zero-order chi connectivity index (χ0) is 25.7. The summed E-state index contributed by atoms with van der Waals surface area (Å²) in [5.41, 5.74) is 10.0. The first-order chi connectivity index (χ1) is 17.9. The number of hydrogen-bond acceptors (Lipinski definition) is 6. The number of nitrogens with two attached hydrogens (primary N) is 1. The highest BCUT2D eigenvalue weighted by atomic mass is 16.2. The van der Waals surface area contributed by atoms with Gasteiger partial charge in [0.05, 0.1) is 6.04 Å². The molecule has 0 radical (unpaired) electrons. The van der Waals surface area contributed by atoms with Crippen molar-refractivity contribution in [3.05, 3.63) is 84.6 Å². The van der Waals surface area contributed by atoms with E-state index in [-0.39, 0.29) is 23.9 Å². The maximum atomic E-state index is 12.8. The van der Waals surface area contributed by atoms with Gasteiger partial charge in [-0.05, 0) is 68.0 Å². The van der Waals surface area contributed by atoms with Gasteiger partial charge in [-0.15, -0.1) is 0 Å². The molecule has 3 atom stereocenters. The molecule has 1 saturated heterocycles. The highest BCUT2D eigenvalue weighted by Gasteiger charge is 2.50. The number of nitrogens with one attached hydrogen (secondary N) is 1. The number of amides is 2. The highest BCUT2D eigenvalue weighted by Crippen LogP contribution is 2.50. The van der Waals surface area contributed by atoms with Gasteiger partial charge in [-0.2, -0.15) is 0 Å². The van der Waals surface area contributed by atoms with E-state index >= 15 is 0 Å². The monoisotopic (exact) mass is 493 g/mol. The van der Waals surface area contributed by atoms with Crippen LogP contribution in [0.15, 0.2) is 67.6 Å². The highest BCUT2D eigenvalue weighted by molar-refractivity contribution is 6.04. The fourth-order valence-electron chi connectivity index (χ4n) is 5.81. The maximum Gasteiger partial charge on any atom is 0.256 e. The van der Waals surface area contributed by atoms with Crippen LogP contribution < -0.4 is 11.1 Å². The lowest BCUT2D eigenvalue weighted by molar-refractivity contribution is -0.130. The number of likely N-dealkylation sites (tertiary alicyclic amines) is 1. The summed E-state index contributed by atoms with van der Waals surface area (Å²) in [6.07, 6.45) is 9.56. The number of aromatic nitrogens is 4. The first-order valence-electron chi connectivity index (χ1n) is 12.4. The molecule has 9 nitrogen and oxygen atoms in total. The number of piperidine rings is 1. The molecule has 4 aromatic rings. The molecule has 1 aliphatic heterocycles. The van der Waals surface area contributed by atoms with Gasteiger partial charge in [0.2, 0.25) is 5.91 Å². The number of imidazole rings is 1. The van der Waals surface area contributed by atoms with Crippen LogP contribution in [0.25, 0.3) is 16.8 Å². The lowest BCUT2D eigenvalue weighted by Crippen LogP contribution is -2.39. The summed E-state index contributed by atoms with van der Waals surface area (Å²) >= 11 is 0. The number of aryl methyl sites for hydroxylation is 1. The van der Waals surface area contributed by atoms with Crippen LogP contribution >= 0.6 is 0 Å². The third-order valence-corrected chi connectivity index (χ3v) is 7.47. The molecular weight excluding hydrogens is 466 g/mol. The van der Waals surface area contributed by atoms with Crippen molar-refractivity contribution in [3.63, 3.8) is 0 Å².